The molecule has 0 atom stereocenters. The second-order valence-electron chi connectivity index (χ2n) is 6.37. The Morgan fingerprint density at radius 3 is 2.61 bits per heavy atom. The van der Waals surface area contributed by atoms with Crippen molar-refractivity contribution in [2.75, 3.05) is 13.7 Å². The number of rotatable bonds is 8. The minimum Gasteiger partial charge on any atom is -0.484 e. The molecule has 0 aliphatic heterocycles. The highest BCUT2D eigenvalue weighted by atomic mass is 32.1. The minimum atomic E-state index is -0.185. The summed E-state index contributed by atoms with van der Waals surface area (Å²) in [7, 11) is 1.75. The number of benzene rings is 2. The molecule has 0 saturated heterocycles. The van der Waals surface area contributed by atoms with Gasteiger partial charge in [-0.15, -0.1) is 0 Å². The lowest BCUT2D eigenvalue weighted by molar-refractivity contribution is -0.132. The van der Waals surface area contributed by atoms with Crippen LogP contribution in [0.5, 0.6) is 5.75 Å². The van der Waals surface area contributed by atoms with Crippen LogP contribution in [0, 0.1) is 0 Å². The molecule has 1 N–H and O–H groups in total. The summed E-state index contributed by atoms with van der Waals surface area (Å²) in [4.78, 5) is 26.2. The molecule has 0 spiro atoms. The normalized spacial score (nSPS) is 10.3. The van der Waals surface area contributed by atoms with E-state index in [4.69, 9.17) is 4.74 Å². The first kappa shape index (κ1) is 19.6. The molecule has 0 aliphatic rings. The Bertz CT molecular complexity index is 911. The van der Waals surface area contributed by atoms with E-state index in [9.17, 15) is 9.59 Å². The number of nitrogens with one attached hydrogen (secondary N) is 1. The molecule has 2 aromatic carbocycles. The summed E-state index contributed by atoms with van der Waals surface area (Å²) in [5.74, 6) is 0.185. The van der Waals surface area contributed by atoms with E-state index in [2.05, 4.69) is 5.32 Å². The highest BCUT2D eigenvalue weighted by molar-refractivity contribution is 7.07. The molecule has 0 saturated carbocycles. The van der Waals surface area contributed by atoms with Gasteiger partial charge in [-0.2, -0.15) is 11.3 Å². The van der Waals surface area contributed by atoms with Crippen LogP contribution < -0.4 is 10.1 Å². The highest BCUT2D eigenvalue weighted by Crippen LogP contribution is 2.14. The summed E-state index contributed by atoms with van der Waals surface area (Å²) in [5, 5.41) is 6.88. The molecule has 0 unspecified atom stereocenters. The first-order valence-electron chi connectivity index (χ1n) is 8.92. The van der Waals surface area contributed by atoms with Crippen molar-refractivity contribution in [2.45, 2.75) is 13.1 Å². The van der Waals surface area contributed by atoms with E-state index in [1.165, 1.54) is 0 Å². The van der Waals surface area contributed by atoms with Gasteiger partial charge < -0.3 is 15.0 Å². The standard InChI is InChI=1S/C22H22N2O3S/c1-24(14-18-10-11-28-16-18)21(25)15-27-20-9-5-8-19(12-20)22(26)23-13-17-6-3-2-4-7-17/h2-12,16H,13-15H2,1H3,(H,23,26). The summed E-state index contributed by atoms with van der Waals surface area (Å²) in [5.41, 5.74) is 2.62. The molecule has 2 amide bonds. The maximum atomic E-state index is 12.4. The maximum Gasteiger partial charge on any atom is 0.260 e. The average molecular weight is 394 g/mol. The van der Waals surface area contributed by atoms with Crippen LogP contribution in [0.1, 0.15) is 21.5 Å². The largest absolute Gasteiger partial charge is 0.484 e. The number of amides is 2. The fourth-order valence-electron chi connectivity index (χ4n) is 2.61. The molecular weight excluding hydrogens is 372 g/mol. The number of ether oxygens (including phenoxy) is 1. The molecule has 0 fully saturated rings. The quantitative estimate of drug-likeness (QED) is 0.634. The monoisotopic (exact) mass is 394 g/mol. The molecule has 1 heterocycles. The Morgan fingerprint density at radius 2 is 1.86 bits per heavy atom. The molecule has 0 radical (unpaired) electrons. The number of thiophene rings is 1. The Labute approximate surface area is 168 Å². The molecule has 28 heavy (non-hydrogen) atoms. The van der Waals surface area contributed by atoms with Crippen LogP contribution in [0.3, 0.4) is 0 Å². The Balaban J connectivity index is 1.51. The average Bonchev–Trinajstić information content (AvgIpc) is 3.24. The summed E-state index contributed by atoms with van der Waals surface area (Å²) in [6.45, 7) is 0.931. The van der Waals surface area contributed by atoms with Gasteiger partial charge in [-0.05, 0) is 46.2 Å². The molecule has 5 nitrogen and oxygen atoms in total. The van der Waals surface area contributed by atoms with Gasteiger partial charge in [0.25, 0.3) is 11.8 Å². The van der Waals surface area contributed by atoms with Crippen molar-refractivity contribution in [1.29, 1.82) is 0 Å². The number of hydrogen-bond donors (Lipinski definition) is 1. The van der Waals surface area contributed by atoms with Gasteiger partial charge in [0.1, 0.15) is 5.75 Å². The topological polar surface area (TPSA) is 58.6 Å². The summed E-state index contributed by atoms with van der Waals surface area (Å²) in [6, 6.07) is 18.6. The Morgan fingerprint density at radius 1 is 1.04 bits per heavy atom. The van der Waals surface area contributed by atoms with Crippen LogP contribution in [0.25, 0.3) is 0 Å². The van der Waals surface area contributed by atoms with Crippen LogP contribution in [-0.4, -0.2) is 30.4 Å². The number of carbonyl (C=O) groups is 2. The minimum absolute atomic E-state index is 0.0737. The van der Waals surface area contributed by atoms with Crippen LogP contribution in [0.4, 0.5) is 0 Å². The number of likely N-dealkylation sites (N-methyl/N-ethyl adjacent to an activating group) is 1. The summed E-state index contributed by atoms with van der Waals surface area (Å²) in [6.07, 6.45) is 0. The second kappa shape index (κ2) is 9.71. The first-order chi connectivity index (χ1) is 13.6. The third-order valence-electron chi connectivity index (χ3n) is 4.18. The van der Waals surface area contributed by atoms with Crippen LogP contribution in [0.15, 0.2) is 71.4 Å². The number of hydrogen-bond acceptors (Lipinski definition) is 4. The van der Waals surface area contributed by atoms with E-state index in [-0.39, 0.29) is 18.4 Å². The fraction of sp³-hybridized carbons (Fsp3) is 0.182. The van der Waals surface area contributed by atoms with Crippen molar-refractivity contribution in [3.63, 3.8) is 0 Å². The van der Waals surface area contributed by atoms with Crippen molar-refractivity contribution >= 4 is 23.2 Å². The molecular formula is C22H22N2O3S. The molecule has 0 aliphatic carbocycles. The second-order valence-corrected chi connectivity index (χ2v) is 7.15. The lowest BCUT2D eigenvalue weighted by Crippen LogP contribution is -2.30. The van der Waals surface area contributed by atoms with Gasteiger partial charge in [0.15, 0.2) is 6.61 Å². The van der Waals surface area contributed by atoms with Gasteiger partial charge in [-0.3, -0.25) is 9.59 Å². The highest BCUT2D eigenvalue weighted by Gasteiger charge is 2.12. The van der Waals surface area contributed by atoms with Gasteiger partial charge in [0.05, 0.1) is 0 Å². The van der Waals surface area contributed by atoms with Crippen LogP contribution in [-0.2, 0) is 17.9 Å². The fourth-order valence-corrected chi connectivity index (χ4v) is 3.27. The summed E-state index contributed by atoms with van der Waals surface area (Å²) >= 11 is 1.60. The molecule has 3 aromatic rings. The van der Waals surface area contributed by atoms with E-state index in [0.29, 0.717) is 24.4 Å². The van der Waals surface area contributed by atoms with Crippen molar-refractivity contribution < 1.29 is 14.3 Å². The van der Waals surface area contributed by atoms with E-state index in [1.54, 1.807) is 47.5 Å². The predicted molar refractivity (Wildman–Crippen MR) is 110 cm³/mol. The van der Waals surface area contributed by atoms with Crippen molar-refractivity contribution in [2.24, 2.45) is 0 Å². The number of nitrogens with zero attached hydrogens (tertiary/aromatic N) is 1. The Hall–Kier alpha value is -3.12. The Kier molecular flexibility index (Phi) is 6.81. The summed E-state index contributed by atoms with van der Waals surface area (Å²) < 4.78 is 5.59. The predicted octanol–water partition coefficient (Wildman–Crippen LogP) is 3.72. The third-order valence-corrected chi connectivity index (χ3v) is 4.91. The van der Waals surface area contributed by atoms with E-state index in [0.717, 1.165) is 11.1 Å². The molecule has 144 valence electrons. The van der Waals surface area contributed by atoms with Crippen molar-refractivity contribution in [1.82, 2.24) is 10.2 Å². The van der Waals surface area contributed by atoms with E-state index < -0.39 is 0 Å². The number of carbonyl (C=O) groups excluding carboxylic acids is 2. The van der Waals surface area contributed by atoms with Crippen molar-refractivity contribution in [3.05, 3.63) is 88.1 Å². The lowest BCUT2D eigenvalue weighted by atomic mass is 10.2. The molecule has 1 aromatic heterocycles. The molecule has 3 rings (SSSR count). The van der Waals surface area contributed by atoms with Gasteiger partial charge >= 0.3 is 0 Å². The van der Waals surface area contributed by atoms with E-state index in [1.807, 2.05) is 47.2 Å². The first-order valence-corrected chi connectivity index (χ1v) is 9.86. The maximum absolute atomic E-state index is 12.4. The smallest absolute Gasteiger partial charge is 0.260 e. The van der Waals surface area contributed by atoms with Crippen LogP contribution >= 0.6 is 11.3 Å². The molecule has 0 bridgehead atoms. The van der Waals surface area contributed by atoms with Crippen molar-refractivity contribution in [3.8, 4) is 5.75 Å². The van der Waals surface area contributed by atoms with Gasteiger partial charge in [-0.25, -0.2) is 0 Å². The van der Waals surface area contributed by atoms with Crippen LogP contribution in [0.2, 0.25) is 0 Å². The van der Waals surface area contributed by atoms with E-state index >= 15 is 0 Å². The third kappa shape index (κ3) is 5.69. The van der Waals surface area contributed by atoms with Gasteiger partial charge in [0, 0.05) is 25.7 Å². The zero-order valence-corrected chi connectivity index (χ0v) is 16.4. The molecule has 6 heteroatoms. The zero-order valence-electron chi connectivity index (χ0n) is 15.6. The van der Waals surface area contributed by atoms with Gasteiger partial charge in [-0.1, -0.05) is 36.4 Å². The zero-order chi connectivity index (χ0) is 19.8. The van der Waals surface area contributed by atoms with Gasteiger partial charge in [0.2, 0.25) is 0 Å². The lowest BCUT2D eigenvalue weighted by Gasteiger charge is -2.17. The SMILES string of the molecule is CN(Cc1ccsc1)C(=O)COc1cccc(C(=O)NCc2ccccc2)c1.